The Labute approximate surface area is 195 Å². The van der Waals surface area contributed by atoms with E-state index in [9.17, 15) is 22.8 Å². The van der Waals surface area contributed by atoms with Crippen molar-refractivity contribution in [2.45, 2.75) is 39.4 Å². The zero-order valence-electron chi connectivity index (χ0n) is 19.2. The number of carbonyl (C=O) groups excluding carboxylic acids is 2. The molecule has 0 fully saturated rings. The van der Waals surface area contributed by atoms with Crippen LogP contribution in [0.2, 0.25) is 0 Å². The molecule has 33 heavy (non-hydrogen) atoms. The van der Waals surface area contributed by atoms with Gasteiger partial charge in [-0.05, 0) is 35.9 Å². The topological polar surface area (TPSA) is 65.0 Å². The van der Waals surface area contributed by atoms with E-state index in [1.165, 1.54) is 28.8 Å². The quantitative estimate of drug-likeness (QED) is 0.650. The summed E-state index contributed by atoms with van der Waals surface area (Å²) in [7, 11) is 3.22. The Morgan fingerprint density at radius 2 is 1.85 bits per heavy atom. The van der Waals surface area contributed by atoms with Gasteiger partial charge in [0.15, 0.2) is 5.17 Å². The highest BCUT2D eigenvalue weighted by Crippen LogP contribution is 2.45. The maximum Gasteiger partial charge on any atom is 0.416 e. The van der Waals surface area contributed by atoms with Gasteiger partial charge in [-0.25, -0.2) is 4.99 Å². The van der Waals surface area contributed by atoms with Gasteiger partial charge in [-0.3, -0.25) is 9.59 Å². The van der Waals surface area contributed by atoms with E-state index in [1.807, 2.05) is 13.8 Å². The maximum atomic E-state index is 13.1. The zero-order chi connectivity index (χ0) is 24.5. The number of hydrogen-bond donors (Lipinski definition) is 1. The Balaban J connectivity index is 2.02. The first kappa shape index (κ1) is 24.9. The number of fused-ring (bicyclic) bond motifs is 1. The second-order valence-corrected chi connectivity index (χ2v) is 9.42. The summed E-state index contributed by atoms with van der Waals surface area (Å²) < 4.78 is 39.4. The molecule has 1 aromatic carbocycles. The van der Waals surface area contributed by atoms with Crippen molar-refractivity contribution in [2.24, 2.45) is 10.9 Å². The van der Waals surface area contributed by atoms with Gasteiger partial charge in [-0.15, -0.1) is 0 Å². The SMILES string of the molecule is CC1=C(C(=O)N(C)C)C(c2ccc(C(F)(F)F)cc2)N2C(CC(=O)NCC(C)C)=CSC2=N1. The minimum Gasteiger partial charge on any atom is -0.356 e. The monoisotopic (exact) mass is 480 g/mol. The molecule has 1 N–H and O–H groups in total. The molecule has 0 aromatic heterocycles. The molecule has 0 bridgehead atoms. The smallest absolute Gasteiger partial charge is 0.356 e. The molecule has 2 heterocycles. The largest absolute Gasteiger partial charge is 0.416 e. The molecule has 0 radical (unpaired) electrons. The van der Waals surface area contributed by atoms with Gasteiger partial charge in [-0.2, -0.15) is 13.2 Å². The summed E-state index contributed by atoms with van der Waals surface area (Å²) in [5, 5.41) is 5.27. The average Bonchev–Trinajstić information content (AvgIpc) is 3.12. The van der Waals surface area contributed by atoms with Crippen LogP contribution in [-0.4, -0.2) is 47.4 Å². The highest BCUT2D eigenvalue weighted by atomic mass is 32.2. The number of alkyl halides is 3. The summed E-state index contributed by atoms with van der Waals surface area (Å²) in [6.07, 6.45) is -4.40. The predicted octanol–water partition coefficient (Wildman–Crippen LogP) is 4.53. The van der Waals surface area contributed by atoms with Crippen LogP contribution < -0.4 is 5.32 Å². The molecule has 2 aliphatic rings. The summed E-state index contributed by atoms with van der Waals surface area (Å²) in [4.78, 5) is 33.4. The van der Waals surface area contributed by atoms with Gasteiger partial charge in [0, 0.05) is 26.3 Å². The number of halogens is 3. The van der Waals surface area contributed by atoms with Crippen LogP contribution in [0.25, 0.3) is 0 Å². The number of aliphatic imine (C=N–C) groups is 1. The summed E-state index contributed by atoms with van der Waals surface area (Å²) in [5.41, 5.74) is 1.24. The fraction of sp³-hybridized carbons (Fsp3) is 0.435. The number of benzene rings is 1. The Morgan fingerprint density at radius 3 is 2.39 bits per heavy atom. The lowest BCUT2D eigenvalue weighted by atomic mass is 9.92. The number of rotatable bonds is 6. The van der Waals surface area contributed by atoms with E-state index in [0.717, 1.165) is 12.1 Å². The first-order valence-corrected chi connectivity index (χ1v) is 11.4. The minimum atomic E-state index is -4.46. The van der Waals surface area contributed by atoms with E-state index in [2.05, 4.69) is 10.3 Å². The van der Waals surface area contributed by atoms with E-state index in [-0.39, 0.29) is 18.2 Å². The van der Waals surface area contributed by atoms with Crippen molar-refractivity contribution in [3.63, 3.8) is 0 Å². The Morgan fingerprint density at radius 1 is 1.21 bits per heavy atom. The van der Waals surface area contributed by atoms with Crippen molar-refractivity contribution in [3.8, 4) is 0 Å². The molecule has 0 spiro atoms. The Hall–Kier alpha value is -2.75. The lowest BCUT2D eigenvalue weighted by Gasteiger charge is -2.37. The van der Waals surface area contributed by atoms with Crippen LogP contribution in [0.15, 0.2) is 51.6 Å². The number of hydrogen-bond acceptors (Lipinski definition) is 5. The number of carbonyl (C=O) groups is 2. The molecule has 0 aliphatic carbocycles. The number of thioether (sulfide) groups is 1. The molecular formula is C23H27F3N4O2S. The number of allylic oxidation sites excluding steroid dienone is 1. The van der Waals surface area contributed by atoms with Crippen LogP contribution in [0.4, 0.5) is 13.2 Å². The van der Waals surface area contributed by atoms with Gasteiger partial charge in [0.05, 0.1) is 29.3 Å². The van der Waals surface area contributed by atoms with Crippen LogP contribution in [0.3, 0.4) is 0 Å². The Bertz CT molecular complexity index is 1030. The third kappa shape index (κ3) is 5.43. The molecule has 10 heteroatoms. The molecule has 178 valence electrons. The third-order valence-electron chi connectivity index (χ3n) is 5.24. The molecule has 3 rings (SSSR count). The lowest BCUT2D eigenvalue weighted by Crippen LogP contribution is -2.40. The van der Waals surface area contributed by atoms with Crippen molar-refractivity contribution < 1.29 is 22.8 Å². The van der Waals surface area contributed by atoms with Crippen LogP contribution in [0.5, 0.6) is 0 Å². The average molecular weight is 481 g/mol. The van der Waals surface area contributed by atoms with Crippen molar-refractivity contribution in [1.82, 2.24) is 15.1 Å². The molecule has 0 saturated carbocycles. The molecule has 2 aliphatic heterocycles. The van der Waals surface area contributed by atoms with Gasteiger partial charge in [0.1, 0.15) is 0 Å². The molecular weight excluding hydrogens is 453 g/mol. The second kappa shape index (κ2) is 9.62. The van der Waals surface area contributed by atoms with E-state index in [1.54, 1.807) is 31.3 Å². The van der Waals surface area contributed by atoms with Gasteiger partial charge in [0.25, 0.3) is 5.91 Å². The first-order chi connectivity index (χ1) is 15.4. The van der Waals surface area contributed by atoms with Crippen LogP contribution in [0.1, 0.15) is 44.4 Å². The molecule has 1 atom stereocenters. The predicted molar refractivity (Wildman–Crippen MR) is 123 cm³/mol. The van der Waals surface area contributed by atoms with Crippen molar-refractivity contribution in [1.29, 1.82) is 0 Å². The third-order valence-corrected chi connectivity index (χ3v) is 6.13. The van der Waals surface area contributed by atoms with Crippen LogP contribution >= 0.6 is 11.8 Å². The summed E-state index contributed by atoms with van der Waals surface area (Å²) in [6.45, 7) is 6.24. The number of nitrogens with one attached hydrogen (secondary N) is 1. The standard InChI is InChI=1S/C23H27F3N4O2S/c1-13(2)11-27-18(31)10-17-12-33-22-28-14(3)19(21(32)29(4)5)20(30(17)22)15-6-8-16(9-7-15)23(24,25)26/h6-9,12-13,20H,10-11H2,1-5H3,(H,27,31). The van der Waals surface area contributed by atoms with Crippen molar-refractivity contribution in [3.05, 3.63) is 57.8 Å². The van der Waals surface area contributed by atoms with Gasteiger partial charge < -0.3 is 15.1 Å². The Kier molecular flexibility index (Phi) is 7.26. The molecule has 1 aromatic rings. The molecule has 0 saturated heterocycles. The zero-order valence-corrected chi connectivity index (χ0v) is 20.0. The minimum absolute atomic E-state index is 0.0678. The van der Waals surface area contributed by atoms with Crippen LogP contribution in [0, 0.1) is 5.92 Å². The van der Waals surface area contributed by atoms with Gasteiger partial charge in [0.2, 0.25) is 5.91 Å². The molecule has 6 nitrogen and oxygen atoms in total. The van der Waals surface area contributed by atoms with Gasteiger partial charge >= 0.3 is 6.18 Å². The number of likely N-dealkylation sites (N-methyl/N-ethyl adjacent to an activating group) is 1. The van der Waals surface area contributed by atoms with E-state index < -0.39 is 17.8 Å². The molecule has 1 unspecified atom stereocenters. The van der Waals surface area contributed by atoms with E-state index in [4.69, 9.17) is 0 Å². The van der Waals surface area contributed by atoms with E-state index >= 15 is 0 Å². The summed E-state index contributed by atoms with van der Waals surface area (Å²) in [5.74, 6) is -0.168. The van der Waals surface area contributed by atoms with Crippen LogP contribution in [-0.2, 0) is 15.8 Å². The fourth-order valence-electron chi connectivity index (χ4n) is 3.60. The summed E-state index contributed by atoms with van der Waals surface area (Å²) in [6, 6.07) is 4.08. The normalized spacial score (nSPS) is 18.2. The second-order valence-electron chi connectivity index (χ2n) is 8.59. The van der Waals surface area contributed by atoms with Crippen molar-refractivity contribution in [2.75, 3.05) is 20.6 Å². The number of nitrogens with zero attached hydrogens (tertiary/aromatic N) is 3. The first-order valence-electron chi connectivity index (χ1n) is 10.5. The highest BCUT2D eigenvalue weighted by Gasteiger charge is 2.41. The maximum absolute atomic E-state index is 13.1. The molecule has 2 amide bonds. The summed E-state index contributed by atoms with van der Waals surface area (Å²) >= 11 is 1.33. The lowest BCUT2D eigenvalue weighted by molar-refractivity contribution is -0.137. The highest BCUT2D eigenvalue weighted by molar-refractivity contribution is 8.16. The number of amides is 2. The fourth-order valence-corrected chi connectivity index (χ4v) is 4.56. The van der Waals surface area contributed by atoms with E-state index in [0.29, 0.717) is 40.2 Å². The number of amidine groups is 1. The van der Waals surface area contributed by atoms with Crippen molar-refractivity contribution >= 4 is 28.7 Å². The van der Waals surface area contributed by atoms with Gasteiger partial charge in [-0.1, -0.05) is 37.7 Å².